The molecule has 0 saturated carbocycles. The molecule has 0 atom stereocenters. The van der Waals surface area contributed by atoms with E-state index in [4.69, 9.17) is 0 Å². The van der Waals surface area contributed by atoms with Crippen LogP contribution >= 0.6 is 11.8 Å². The molecule has 0 saturated heterocycles. The van der Waals surface area contributed by atoms with E-state index < -0.39 is 5.51 Å². The molecule has 0 aliphatic rings. The number of halogens is 3. The lowest BCUT2D eigenvalue weighted by molar-refractivity contribution is -0.0328. The predicted octanol–water partition coefficient (Wildman–Crippen LogP) is 4.41. The van der Waals surface area contributed by atoms with Crippen molar-refractivity contribution in [1.29, 1.82) is 0 Å². The van der Waals surface area contributed by atoms with E-state index in [9.17, 15) is 18.0 Å². The zero-order valence-corrected chi connectivity index (χ0v) is 12.5. The first-order chi connectivity index (χ1) is 10.4. The lowest BCUT2D eigenvalue weighted by Crippen LogP contribution is -1.98. The van der Waals surface area contributed by atoms with Crippen LogP contribution in [0.15, 0.2) is 47.6 Å². The Morgan fingerprint density at radius 2 is 2.00 bits per heavy atom. The van der Waals surface area contributed by atoms with Crippen LogP contribution in [0.25, 0.3) is 6.08 Å². The molecule has 0 aliphatic heterocycles. The van der Waals surface area contributed by atoms with E-state index in [2.05, 4.69) is 5.10 Å². The molecule has 2 aromatic rings. The van der Waals surface area contributed by atoms with Crippen molar-refractivity contribution in [2.45, 2.75) is 23.9 Å². The van der Waals surface area contributed by atoms with E-state index in [-0.39, 0.29) is 22.4 Å². The smallest absolute Gasteiger partial charge is 0.289 e. The maximum Gasteiger partial charge on any atom is 0.446 e. The third-order valence-corrected chi connectivity index (χ3v) is 3.52. The number of carbonyl (C=O) groups excluding carboxylic acids is 1. The number of aromatic nitrogens is 2. The summed E-state index contributed by atoms with van der Waals surface area (Å²) in [5.41, 5.74) is -3.17. The molecule has 1 aromatic carbocycles. The van der Waals surface area contributed by atoms with Gasteiger partial charge in [-0.1, -0.05) is 18.2 Å². The summed E-state index contributed by atoms with van der Waals surface area (Å²) in [6, 6.07) is 5.81. The van der Waals surface area contributed by atoms with Crippen LogP contribution in [-0.2, 0) is 6.54 Å². The minimum atomic E-state index is -4.30. The molecule has 2 rings (SSSR count). The van der Waals surface area contributed by atoms with Gasteiger partial charge in [0.2, 0.25) is 0 Å². The zero-order chi connectivity index (χ0) is 16.2. The number of ketones is 1. The Morgan fingerprint density at radius 3 is 2.55 bits per heavy atom. The van der Waals surface area contributed by atoms with E-state index in [1.807, 2.05) is 6.92 Å². The molecule has 3 nitrogen and oxygen atoms in total. The molecule has 0 aliphatic carbocycles. The summed E-state index contributed by atoms with van der Waals surface area (Å²) < 4.78 is 38.3. The van der Waals surface area contributed by atoms with Crippen LogP contribution in [0.4, 0.5) is 13.2 Å². The van der Waals surface area contributed by atoms with Crippen molar-refractivity contribution in [3.63, 3.8) is 0 Å². The molecule has 1 heterocycles. The van der Waals surface area contributed by atoms with Crippen molar-refractivity contribution in [3.05, 3.63) is 53.9 Å². The predicted molar refractivity (Wildman–Crippen MR) is 79.6 cm³/mol. The lowest BCUT2D eigenvalue weighted by Gasteiger charge is -2.05. The Bertz CT molecular complexity index is 675. The standard InChI is InChI=1S/C15H13F3N2OS/c1-2-20-10-12(9-19-20)14(21)8-5-11-3-6-13(7-4-11)22-15(16,17)18/h3-10H,2H2,1H3. The Morgan fingerprint density at radius 1 is 1.32 bits per heavy atom. The number of nitrogens with zero attached hydrogens (tertiary/aromatic N) is 2. The Kier molecular flexibility index (Phi) is 5.07. The second-order valence-electron chi connectivity index (χ2n) is 4.40. The molecular formula is C15H13F3N2OS. The van der Waals surface area contributed by atoms with Crippen LogP contribution in [0.5, 0.6) is 0 Å². The fraction of sp³-hybridized carbons (Fsp3) is 0.200. The van der Waals surface area contributed by atoms with Gasteiger partial charge in [0, 0.05) is 17.6 Å². The monoisotopic (exact) mass is 326 g/mol. The van der Waals surface area contributed by atoms with Crippen molar-refractivity contribution in [3.8, 4) is 0 Å². The molecule has 0 radical (unpaired) electrons. The fourth-order valence-corrected chi connectivity index (χ4v) is 2.25. The minimum absolute atomic E-state index is 0.111. The van der Waals surface area contributed by atoms with Crippen molar-refractivity contribution in [1.82, 2.24) is 9.78 Å². The quantitative estimate of drug-likeness (QED) is 0.464. The molecule has 0 spiro atoms. The van der Waals surface area contributed by atoms with Crippen molar-refractivity contribution < 1.29 is 18.0 Å². The average molecular weight is 326 g/mol. The van der Waals surface area contributed by atoms with Gasteiger partial charge in [-0.25, -0.2) is 0 Å². The van der Waals surface area contributed by atoms with E-state index >= 15 is 0 Å². The summed E-state index contributed by atoms with van der Waals surface area (Å²) in [5.74, 6) is -0.201. The summed E-state index contributed by atoms with van der Waals surface area (Å²) in [4.78, 5) is 12.0. The van der Waals surface area contributed by atoms with Crippen molar-refractivity contribution in [2.75, 3.05) is 0 Å². The summed E-state index contributed by atoms with van der Waals surface area (Å²) in [7, 11) is 0. The molecule has 116 valence electrons. The molecule has 0 bridgehead atoms. The summed E-state index contributed by atoms with van der Waals surface area (Å²) in [5, 5.41) is 4.01. The molecule has 0 unspecified atom stereocenters. The Labute approximate surface area is 129 Å². The second kappa shape index (κ2) is 6.83. The van der Waals surface area contributed by atoms with Crippen molar-refractivity contribution >= 4 is 23.6 Å². The number of benzene rings is 1. The number of allylic oxidation sites excluding steroid dienone is 1. The van der Waals surface area contributed by atoms with Gasteiger partial charge in [-0.2, -0.15) is 18.3 Å². The van der Waals surface area contributed by atoms with E-state index in [1.165, 1.54) is 36.5 Å². The SMILES string of the molecule is CCn1cc(C(=O)C=Cc2ccc(SC(F)(F)F)cc2)cn1. The van der Waals surface area contributed by atoms with Gasteiger partial charge in [0.15, 0.2) is 5.78 Å². The van der Waals surface area contributed by atoms with Crippen LogP contribution in [-0.4, -0.2) is 21.1 Å². The molecule has 0 N–H and O–H groups in total. The number of aryl methyl sites for hydroxylation is 1. The van der Waals surface area contributed by atoms with Gasteiger partial charge in [-0.05, 0) is 42.5 Å². The fourth-order valence-electron chi connectivity index (χ4n) is 1.71. The molecule has 1 aromatic heterocycles. The van der Waals surface area contributed by atoms with E-state index in [1.54, 1.807) is 17.0 Å². The summed E-state index contributed by atoms with van der Waals surface area (Å²) >= 11 is -0.166. The van der Waals surface area contributed by atoms with Crippen LogP contribution in [0.1, 0.15) is 22.8 Å². The first kappa shape index (κ1) is 16.4. The maximum atomic E-state index is 12.2. The first-order valence-electron chi connectivity index (χ1n) is 6.48. The lowest BCUT2D eigenvalue weighted by atomic mass is 10.1. The highest BCUT2D eigenvalue weighted by molar-refractivity contribution is 8.00. The van der Waals surface area contributed by atoms with Gasteiger partial charge in [0.1, 0.15) is 0 Å². The second-order valence-corrected chi connectivity index (χ2v) is 5.54. The Hall–Kier alpha value is -2.02. The zero-order valence-electron chi connectivity index (χ0n) is 11.7. The number of carbonyl (C=O) groups is 1. The maximum absolute atomic E-state index is 12.2. The van der Waals surface area contributed by atoms with Crippen LogP contribution < -0.4 is 0 Å². The van der Waals surface area contributed by atoms with Gasteiger partial charge in [-0.3, -0.25) is 9.48 Å². The van der Waals surface area contributed by atoms with Crippen LogP contribution in [0.3, 0.4) is 0 Å². The highest BCUT2D eigenvalue weighted by Crippen LogP contribution is 2.36. The number of hydrogen-bond acceptors (Lipinski definition) is 3. The molecule has 0 fully saturated rings. The summed E-state index contributed by atoms with van der Waals surface area (Å²) in [6.07, 6.45) is 6.07. The van der Waals surface area contributed by atoms with Gasteiger partial charge < -0.3 is 0 Å². The molecule has 7 heteroatoms. The summed E-state index contributed by atoms with van der Waals surface area (Å²) in [6.45, 7) is 2.59. The van der Waals surface area contributed by atoms with Crippen LogP contribution in [0, 0.1) is 0 Å². The van der Waals surface area contributed by atoms with Crippen molar-refractivity contribution in [2.24, 2.45) is 0 Å². The number of thioether (sulfide) groups is 1. The number of alkyl halides is 3. The number of hydrogen-bond donors (Lipinski definition) is 0. The van der Waals surface area contributed by atoms with E-state index in [0.717, 1.165) is 0 Å². The first-order valence-corrected chi connectivity index (χ1v) is 7.29. The van der Waals surface area contributed by atoms with Gasteiger partial charge in [0.05, 0.1) is 11.8 Å². The molecular weight excluding hydrogens is 313 g/mol. The largest absolute Gasteiger partial charge is 0.446 e. The van der Waals surface area contributed by atoms with Gasteiger partial charge in [0.25, 0.3) is 0 Å². The minimum Gasteiger partial charge on any atom is -0.289 e. The van der Waals surface area contributed by atoms with Gasteiger partial charge in [-0.15, -0.1) is 0 Å². The topological polar surface area (TPSA) is 34.9 Å². The molecule has 0 amide bonds. The molecule has 22 heavy (non-hydrogen) atoms. The highest BCUT2D eigenvalue weighted by atomic mass is 32.2. The highest BCUT2D eigenvalue weighted by Gasteiger charge is 2.28. The van der Waals surface area contributed by atoms with E-state index in [0.29, 0.717) is 17.7 Å². The third kappa shape index (κ3) is 4.77. The van der Waals surface area contributed by atoms with Crippen LogP contribution in [0.2, 0.25) is 0 Å². The van der Waals surface area contributed by atoms with Gasteiger partial charge >= 0.3 is 5.51 Å². The number of rotatable bonds is 5. The third-order valence-electron chi connectivity index (χ3n) is 2.78. The normalized spacial score (nSPS) is 12.0. The average Bonchev–Trinajstić information content (AvgIpc) is 2.93. The Balaban J connectivity index is 2.02.